The van der Waals surface area contributed by atoms with E-state index in [1.807, 2.05) is 60.4 Å². The van der Waals surface area contributed by atoms with E-state index in [1.54, 1.807) is 0 Å². The Hall–Kier alpha value is -2.83. The van der Waals surface area contributed by atoms with E-state index in [9.17, 15) is 4.79 Å². The van der Waals surface area contributed by atoms with E-state index in [2.05, 4.69) is 14.8 Å². The largest absolute Gasteiger partial charge is 0.378 e. The van der Waals surface area contributed by atoms with Gasteiger partial charge in [-0.25, -0.2) is 4.98 Å². The average molecular weight is 395 g/mol. The van der Waals surface area contributed by atoms with Crippen LogP contribution in [0.5, 0.6) is 0 Å². The maximum Gasteiger partial charge on any atom is 0.253 e. The molecule has 2 aromatic rings. The number of aromatic nitrogens is 2. The van der Waals surface area contributed by atoms with Crippen LogP contribution in [0.1, 0.15) is 29.6 Å². The minimum absolute atomic E-state index is 0.103. The van der Waals surface area contributed by atoms with Crippen LogP contribution in [0.2, 0.25) is 0 Å². The molecule has 0 bridgehead atoms. The zero-order valence-corrected chi connectivity index (χ0v) is 17.4. The minimum atomic E-state index is 0.103. The van der Waals surface area contributed by atoms with Gasteiger partial charge < -0.3 is 19.6 Å². The molecule has 3 heterocycles. The molecule has 0 radical (unpaired) electrons. The standard InChI is InChI=1S/C22H30N6O/c1-25(2)19-8-6-18(7-9-19)21(29)27-16-14-26(15-17-27)20-10-11-23-22(24-20)28-12-4-3-5-13-28/h6-11H,3-5,12-17H2,1-2H3. The number of hydrogen-bond donors (Lipinski definition) is 0. The highest BCUT2D eigenvalue weighted by Crippen LogP contribution is 2.21. The molecule has 1 aromatic carbocycles. The van der Waals surface area contributed by atoms with E-state index >= 15 is 0 Å². The number of anilines is 3. The van der Waals surface area contributed by atoms with Crippen LogP contribution < -0.4 is 14.7 Å². The van der Waals surface area contributed by atoms with Crippen LogP contribution in [0.15, 0.2) is 36.5 Å². The molecular weight excluding hydrogens is 364 g/mol. The van der Waals surface area contributed by atoms with Crippen LogP contribution in [-0.4, -0.2) is 74.1 Å². The molecule has 1 aromatic heterocycles. The van der Waals surface area contributed by atoms with Gasteiger partial charge in [0.15, 0.2) is 0 Å². The molecule has 2 aliphatic heterocycles. The summed E-state index contributed by atoms with van der Waals surface area (Å²) < 4.78 is 0. The van der Waals surface area contributed by atoms with Crippen LogP contribution in [0.4, 0.5) is 17.5 Å². The molecule has 2 saturated heterocycles. The first-order valence-corrected chi connectivity index (χ1v) is 10.5. The van der Waals surface area contributed by atoms with Gasteiger partial charge in [0.25, 0.3) is 5.91 Å². The maximum atomic E-state index is 12.8. The Balaban J connectivity index is 1.37. The summed E-state index contributed by atoms with van der Waals surface area (Å²) in [4.78, 5) is 30.6. The second-order valence-corrected chi connectivity index (χ2v) is 7.98. The SMILES string of the molecule is CN(C)c1ccc(C(=O)N2CCN(c3ccnc(N4CCCCC4)n3)CC2)cc1. The van der Waals surface area contributed by atoms with E-state index < -0.39 is 0 Å². The third-order valence-electron chi connectivity index (χ3n) is 5.79. The lowest BCUT2D eigenvalue weighted by molar-refractivity contribution is 0.0746. The van der Waals surface area contributed by atoms with E-state index in [-0.39, 0.29) is 5.91 Å². The van der Waals surface area contributed by atoms with Crippen molar-refractivity contribution in [1.82, 2.24) is 14.9 Å². The highest BCUT2D eigenvalue weighted by Gasteiger charge is 2.24. The first-order valence-electron chi connectivity index (χ1n) is 10.5. The van der Waals surface area contributed by atoms with E-state index in [0.717, 1.165) is 49.2 Å². The molecule has 7 heteroatoms. The summed E-state index contributed by atoms with van der Waals surface area (Å²) in [7, 11) is 4.00. The van der Waals surface area contributed by atoms with Gasteiger partial charge >= 0.3 is 0 Å². The van der Waals surface area contributed by atoms with Gasteiger partial charge in [-0.3, -0.25) is 4.79 Å². The molecule has 1 amide bonds. The van der Waals surface area contributed by atoms with E-state index in [1.165, 1.54) is 19.3 Å². The molecule has 0 spiro atoms. The van der Waals surface area contributed by atoms with Crippen molar-refractivity contribution in [3.05, 3.63) is 42.1 Å². The van der Waals surface area contributed by atoms with Crippen molar-refractivity contribution in [2.24, 2.45) is 0 Å². The van der Waals surface area contributed by atoms with Crippen molar-refractivity contribution in [2.75, 3.05) is 68.1 Å². The van der Waals surface area contributed by atoms with Crippen molar-refractivity contribution in [1.29, 1.82) is 0 Å². The van der Waals surface area contributed by atoms with Gasteiger partial charge in [-0.15, -0.1) is 0 Å². The number of carbonyl (C=O) groups is 1. The van der Waals surface area contributed by atoms with Crippen molar-refractivity contribution in [3.63, 3.8) is 0 Å². The summed E-state index contributed by atoms with van der Waals surface area (Å²) in [6, 6.07) is 9.79. The predicted molar refractivity (Wildman–Crippen MR) is 117 cm³/mol. The molecule has 2 aliphatic rings. The second-order valence-electron chi connectivity index (χ2n) is 7.98. The van der Waals surface area contributed by atoms with E-state index in [4.69, 9.17) is 4.98 Å². The Kier molecular flexibility index (Phi) is 5.83. The van der Waals surface area contributed by atoms with Gasteiger partial charge in [0.1, 0.15) is 5.82 Å². The van der Waals surface area contributed by atoms with Crippen LogP contribution in [0.25, 0.3) is 0 Å². The molecule has 0 atom stereocenters. The normalized spacial score (nSPS) is 17.4. The molecule has 0 saturated carbocycles. The number of hydrogen-bond acceptors (Lipinski definition) is 6. The van der Waals surface area contributed by atoms with Gasteiger partial charge in [-0.1, -0.05) is 0 Å². The topological polar surface area (TPSA) is 55.8 Å². The molecular formula is C22H30N6O. The molecule has 4 rings (SSSR count). The fraction of sp³-hybridized carbons (Fsp3) is 0.500. The summed E-state index contributed by atoms with van der Waals surface area (Å²) in [5.41, 5.74) is 1.85. The summed E-state index contributed by atoms with van der Waals surface area (Å²) >= 11 is 0. The first kappa shape index (κ1) is 19.5. The summed E-state index contributed by atoms with van der Waals surface area (Å²) in [5, 5.41) is 0. The maximum absolute atomic E-state index is 12.8. The molecule has 154 valence electrons. The second kappa shape index (κ2) is 8.68. The van der Waals surface area contributed by atoms with Crippen LogP contribution >= 0.6 is 0 Å². The lowest BCUT2D eigenvalue weighted by Gasteiger charge is -2.36. The number of carbonyl (C=O) groups excluding carboxylic acids is 1. The highest BCUT2D eigenvalue weighted by molar-refractivity contribution is 5.94. The minimum Gasteiger partial charge on any atom is -0.378 e. The van der Waals surface area contributed by atoms with Gasteiger partial charge in [0.05, 0.1) is 0 Å². The fourth-order valence-corrected chi connectivity index (χ4v) is 3.98. The van der Waals surface area contributed by atoms with Gasteiger partial charge in [0, 0.05) is 70.8 Å². The monoisotopic (exact) mass is 394 g/mol. The lowest BCUT2D eigenvalue weighted by atomic mass is 10.1. The van der Waals surface area contributed by atoms with Crippen LogP contribution in [0, 0.1) is 0 Å². The lowest BCUT2D eigenvalue weighted by Crippen LogP contribution is -2.49. The molecule has 2 fully saturated rings. The number of rotatable bonds is 4. The average Bonchev–Trinajstić information content (AvgIpc) is 2.79. The quantitative estimate of drug-likeness (QED) is 0.794. The summed E-state index contributed by atoms with van der Waals surface area (Å²) in [6.07, 6.45) is 5.58. The number of amides is 1. The molecule has 7 nitrogen and oxygen atoms in total. The Morgan fingerprint density at radius 1 is 0.862 bits per heavy atom. The first-order chi connectivity index (χ1) is 14.1. The van der Waals surface area contributed by atoms with Gasteiger partial charge in [-0.2, -0.15) is 4.98 Å². The number of nitrogens with zero attached hydrogens (tertiary/aromatic N) is 6. The van der Waals surface area contributed by atoms with Gasteiger partial charge in [-0.05, 0) is 49.6 Å². The van der Waals surface area contributed by atoms with Crippen molar-refractivity contribution >= 4 is 23.4 Å². The Morgan fingerprint density at radius 3 is 2.21 bits per heavy atom. The van der Waals surface area contributed by atoms with E-state index in [0.29, 0.717) is 13.1 Å². The third kappa shape index (κ3) is 4.44. The van der Waals surface area contributed by atoms with Gasteiger partial charge in [0.2, 0.25) is 5.95 Å². The molecule has 0 unspecified atom stereocenters. The molecule has 29 heavy (non-hydrogen) atoms. The Bertz CT molecular complexity index is 823. The zero-order chi connectivity index (χ0) is 20.2. The summed E-state index contributed by atoms with van der Waals surface area (Å²) in [6.45, 7) is 5.07. The number of benzene rings is 1. The fourth-order valence-electron chi connectivity index (χ4n) is 3.98. The highest BCUT2D eigenvalue weighted by atomic mass is 16.2. The van der Waals surface area contributed by atoms with Crippen LogP contribution in [-0.2, 0) is 0 Å². The third-order valence-corrected chi connectivity index (χ3v) is 5.79. The summed E-state index contributed by atoms with van der Waals surface area (Å²) in [5.74, 6) is 1.90. The van der Waals surface area contributed by atoms with Crippen molar-refractivity contribution < 1.29 is 4.79 Å². The molecule has 0 aliphatic carbocycles. The number of piperidine rings is 1. The zero-order valence-electron chi connectivity index (χ0n) is 17.4. The smallest absolute Gasteiger partial charge is 0.253 e. The van der Waals surface area contributed by atoms with Crippen molar-refractivity contribution in [3.8, 4) is 0 Å². The predicted octanol–water partition coefficient (Wildman–Crippen LogP) is 2.50. The van der Waals surface area contributed by atoms with Crippen LogP contribution in [0.3, 0.4) is 0 Å². The molecule has 0 N–H and O–H groups in total. The Morgan fingerprint density at radius 2 is 1.55 bits per heavy atom. The number of piperazine rings is 1. The Labute approximate surface area is 172 Å². The van der Waals surface area contributed by atoms with Crippen molar-refractivity contribution in [2.45, 2.75) is 19.3 Å².